The lowest BCUT2D eigenvalue weighted by molar-refractivity contribution is 0.372. The number of terminal acetylenes is 1. The number of phenols is 1. The summed E-state index contributed by atoms with van der Waals surface area (Å²) in [4.78, 5) is 0. The Hall–Kier alpha value is -1.66. The van der Waals surface area contributed by atoms with Crippen LogP contribution in [-0.2, 0) is 0 Å². The van der Waals surface area contributed by atoms with E-state index in [1.54, 1.807) is 13.2 Å². The number of benzene rings is 1. The number of aromatic hydroxyl groups is 1. The molecule has 0 fully saturated rings. The van der Waals surface area contributed by atoms with Gasteiger partial charge in [0.15, 0.2) is 11.5 Å². The largest absolute Gasteiger partial charge is 0.504 e. The van der Waals surface area contributed by atoms with E-state index in [1.165, 1.54) is 0 Å². The van der Waals surface area contributed by atoms with Crippen LogP contribution in [0.3, 0.4) is 0 Å². The molecule has 1 rings (SSSR count). The van der Waals surface area contributed by atoms with Crippen LogP contribution in [0.25, 0.3) is 0 Å². The molecule has 0 heterocycles. The first-order valence-electron chi connectivity index (χ1n) is 5.72. The first-order valence-corrected chi connectivity index (χ1v) is 5.72. The minimum atomic E-state index is 0.163. The predicted molar refractivity (Wildman–Crippen MR) is 69.1 cm³/mol. The zero-order chi connectivity index (χ0) is 12.7. The number of hydrogen-bond acceptors (Lipinski definition) is 3. The minimum Gasteiger partial charge on any atom is -0.504 e. The van der Waals surface area contributed by atoms with Crippen LogP contribution in [-0.4, -0.2) is 18.8 Å². The number of nitrogens with one attached hydrogen (secondary N) is 1. The highest BCUT2D eigenvalue weighted by molar-refractivity contribution is 5.42. The highest BCUT2D eigenvalue weighted by atomic mass is 16.5. The lowest BCUT2D eigenvalue weighted by Gasteiger charge is -2.15. The Kier molecular flexibility index (Phi) is 5.38. The SMILES string of the molecule is C#CCCCNC(C)c1ccc(O)c(OC)c1. The van der Waals surface area contributed by atoms with E-state index in [-0.39, 0.29) is 11.8 Å². The van der Waals surface area contributed by atoms with E-state index in [0.717, 1.165) is 24.9 Å². The maximum Gasteiger partial charge on any atom is 0.160 e. The van der Waals surface area contributed by atoms with Gasteiger partial charge in [0.25, 0.3) is 0 Å². The van der Waals surface area contributed by atoms with Gasteiger partial charge < -0.3 is 15.2 Å². The van der Waals surface area contributed by atoms with Gasteiger partial charge in [0.2, 0.25) is 0 Å². The summed E-state index contributed by atoms with van der Waals surface area (Å²) in [6.45, 7) is 2.95. The van der Waals surface area contributed by atoms with Crippen LogP contribution >= 0.6 is 0 Å². The van der Waals surface area contributed by atoms with Crippen molar-refractivity contribution in [3.05, 3.63) is 23.8 Å². The van der Waals surface area contributed by atoms with Crippen LogP contribution in [0, 0.1) is 12.3 Å². The molecule has 0 amide bonds. The summed E-state index contributed by atoms with van der Waals surface area (Å²) in [6.07, 6.45) is 6.95. The van der Waals surface area contributed by atoms with Gasteiger partial charge in [-0.2, -0.15) is 0 Å². The number of ether oxygens (including phenoxy) is 1. The van der Waals surface area contributed by atoms with Crippen molar-refractivity contribution in [1.82, 2.24) is 5.32 Å². The predicted octanol–water partition coefficient (Wildman–Crippen LogP) is 2.46. The van der Waals surface area contributed by atoms with Crippen LogP contribution < -0.4 is 10.1 Å². The molecule has 0 aliphatic heterocycles. The summed E-state index contributed by atoms with van der Waals surface area (Å²) >= 11 is 0. The summed E-state index contributed by atoms with van der Waals surface area (Å²) < 4.78 is 5.07. The molecule has 17 heavy (non-hydrogen) atoms. The van der Waals surface area contributed by atoms with Crippen LogP contribution in [0.4, 0.5) is 0 Å². The van der Waals surface area contributed by atoms with Crippen LogP contribution in [0.2, 0.25) is 0 Å². The first kappa shape index (κ1) is 13.4. The van der Waals surface area contributed by atoms with Gasteiger partial charge in [-0.25, -0.2) is 0 Å². The lowest BCUT2D eigenvalue weighted by Crippen LogP contribution is -2.19. The molecule has 1 aromatic carbocycles. The Bertz CT molecular complexity index is 396. The third-order valence-corrected chi connectivity index (χ3v) is 2.65. The molecule has 1 unspecified atom stereocenters. The average molecular weight is 233 g/mol. The summed E-state index contributed by atoms with van der Waals surface area (Å²) in [5, 5.41) is 12.9. The molecule has 0 bridgehead atoms. The second kappa shape index (κ2) is 6.82. The van der Waals surface area contributed by atoms with Gasteiger partial charge in [-0.1, -0.05) is 6.07 Å². The topological polar surface area (TPSA) is 41.5 Å². The monoisotopic (exact) mass is 233 g/mol. The zero-order valence-corrected chi connectivity index (χ0v) is 10.4. The second-order valence-corrected chi connectivity index (χ2v) is 3.91. The smallest absolute Gasteiger partial charge is 0.160 e. The van der Waals surface area contributed by atoms with Gasteiger partial charge in [-0.15, -0.1) is 12.3 Å². The highest BCUT2D eigenvalue weighted by Crippen LogP contribution is 2.28. The van der Waals surface area contributed by atoms with Crippen molar-refractivity contribution in [2.45, 2.75) is 25.8 Å². The summed E-state index contributed by atoms with van der Waals surface area (Å²) in [7, 11) is 1.55. The van der Waals surface area contributed by atoms with E-state index in [9.17, 15) is 5.11 Å². The van der Waals surface area contributed by atoms with E-state index in [1.807, 2.05) is 12.1 Å². The molecular formula is C14H19NO2. The van der Waals surface area contributed by atoms with Gasteiger partial charge in [-0.05, 0) is 37.6 Å². The number of unbranched alkanes of at least 4 members (excludes halogenated alkanes) is 1. The summed E-state index contributed by atoms with van der Waals surface area (Å²) in [6, 6.07) is 5.58. The maximum absolute atomic E-state index is 9.50. The van der Waals surface area contributed by atoms with Gasteiger partial charge in [0, 0.05) is 12.5 Å². The van der Waals surface area contributed by atoms with Crippen molar-refractivity contribution in [3.63, 3.8) is 0 Å². The molecular weight excluding hydrogens is 214 g/mol. The van der Waals surface area contributed by atoms with Crippen molar-refractivity contribution >= 4 is 0 Å². The molecule has 1 aromatic rings. The Labute approximate surface area is 103 Å². The standard InChI is InChI=1S/C14H19NO2/c1-4-5-6-9-15-11(2)12-7-8-13(16)14(10-12)17-3/h1,7-8,10-11,15-16H,5-6,9H2,2-3H3. The number of hydrogen-bond donors (Lipinski definition) is 2. The van der Waals surface area contributed by atoms with E-state index >= 15 is 0 Å². The highest BCUT2D eigenvalue weighted by Gasteiger charge is 2.08. The molecule has 3 heteroatoms. The maximum atomic E-state index is 9.50. The van der Waals surface area contributed by atoms with E-state index in [2.05, 4.69) is 18.2 Å². The van der Waals surface area contributed by atoms with Gasteiger partial charge in [-0.3, -0.25) is 0 Å². The average Bonchev–Trinajstić information content (AvgIpc) is 2.35. The fourth-order valence-electron chi connectivity index (χ4n) is 1.59. The fourth-order valence-corrected chi connectivity index (χ4v) is 1.59. The van der Waals surface area contributed by atoms with E-state index in [0.29, 0.717) is 5.75 Å². The molecule has 0 saturated heterocycles. The molecule has 0 aliphatic carbocycles. The quantitative estimate of drug-likeness (QED) is 0.586. The van der Waals surface area contributed by atoms with Crippen LogP contribution in [0.5, 0.6) is 11.5 Å². The van der Waals surface area contributed by atoms with Crippen molar-refractivity contribution in [2.75, 3.05) is 13.7 Å². The third-order valence-electron chi connectivity index (χ3n) is 2.65. The van der Waals surface area contributed by atoms with Gasteiger partial charge in [0.05, 0.1) is 7.11 Å². The fraction of sp³-hybridized carbons (Fsp3) is 0.429. The molecule has 0 radical (unpaired) electrons. The van der Waals surface area contributed by atoms with Crippen LogP contribution in [0.15, 0.2) is 18.2 Å². The van der Waals surface area contributed by atoms with E-state index < -0.39 is 0 Å². The Morgan fingerprint density at radius 2 is 2.29 bits per heavy atom. The van der Waals surface area contributed by atoms with Gasteiger partial charge >= 0.3 is 0 Å². The molecule has 0 saturated carbocycles. The number of rotatable bonds is 6. The molecule has 3 nitrogen and oxygen atoms in total. The Morgan fingerprint density at radius 3 is 2.94 bits per heavy atom. The van der Waals surface area contributed by atoms with Crippen molar-refractivity contribution in [3.8, 4) is 23.8 Å². The van der Waals surface area contributed by atoms with Crippen molar-refractivity contribution < 1.29 is 9.84 Å². The summed E-state index contributed by atoms with van der Waals surface area (Å²) in [5.74, 6) is 3.28. The molecule has 0 spiro atoms. The second-order valence-electron chi connectivity index (χ2n) is 3.91. The normalized spacial score (nSPS) is 11.8. The molecule has 2 N–H and O–H groups in total. The summed E-state index contributed by atoms with van der Waals surface area (Å²) in [5.41, 5.74) is 1.08. The zero-order valence-electron chi connectivity index (χ0n) is 10.4. The third kappa shape index (κ3) is 4.01. The van der Waals surface area contributed by atoms with Gasteiger partial charge in [0.1, 0.15) is 0 Å². The molecule has 92 valence electrons. The first-order chi connectivity index (χ1) is 8.19. The minimum absolute atomic E-state index is 0.163. The van der Waals surface area contributed by atoms with Crippen molar-refractivity contribution in [1.29, 1.82) is 0 Å². The van der Waals surface area contributed by atoms with Crippen LogP contribution in [0.1, 0.15) is 31.4 Å². The van der Waals surface area contributed by atoms with E-state index in [4.69, 9.17) is 11.2 Å². The van der Waals surface area contributed by atoms with Crippen molar-refractivity contribution in [2.24, 2.45) is 0 Å². The Morgan fingerprint density at radius 1 is 1.53 bits per heavy atom. The number of methoxy groups -OCH3 is 1. The lowest BCUT2D eigenvalue weighted by atomic mass is 10.1. The molecule has 0 aliphatic rings. The molecule has 0 aromatic heterocycles. The molecule has 1 atom stereocenters. The Balaban J connectivity index is 2.57. The number of phenolic OH excluding ortho intramolecular Hbond substituents is 1.